The number of hydrogen-bond acceptors (Lipinski definition) is 2. The van der Waals surface area contributed by atoms with Crippen LogP contribution in [-0.4, -0.2) is 5.91 Å². The quantitative estimate of drug-likeness (QED) is 0.785. The van der Waals surface area contributed by atoms with Gasteiger partial charge in [0.15, 0.2) is 0 Å². The third kappa shape index (κ3) is 3.36. The lowest BCUT2D eigenvalue weighted by atomic mass is 9.98. The molecule has 82 valence electrons. The molecule has 0 saturated carbocycles. The van der Waals surface area contributed by atoms with Crippen LogP contribution in [0.15, 0.2) is 18.2 Å². The summed E-state index contributed by atoms with van der Waals surface area (Å²) in [6.45, 7) is 4.12. The number of rotatable bonds is 4. The largest absolute Gasteiger partial charge is 0.370 e. The third-order valence-electron chi connectivity index (χ3n) is 2.66. The summed E-state index contributed by atoms with van der Waals surface area (Å²) < 4.78 is 0. The second kappa shape index (κ2) is 4.94. The maximum atomic E-state index is 10.6. The van der Waals surface area contributed by atoms with Crippen molar-refractivity contribution in [3.8, 4) is 0 Å². The van der Waals surface area contributed by atoms with Crippen LogP contribution < -0.4 is 11.5 Å². The van der Waals surface area contributed by atoms with E-state index in [1.807, 2.05) is 6.07 Å². The molecule has 1 rings (SSSR count). The molecule has 1 atom stereocenters. The average Bonchev–Trinajstić information content (AvgIpc) is 2.18. The SMILES string of the molecule is Cc1ccc(C(N)CCC(N)=O)cc1C. The molecule has 0 fully saturated rings. The van der Waals surface area contributed by atoms with Crippen molar-refractivity contribution in [2.24, 2.45) is 11.5 Å². The van der Waals surface area contributed by atoms with E-state index in [0.29, 0.717) is 12.8 Å². The minimum Gasteiger partial charge on any atom is -0.370 e. The van der Waals surface area contributed by atoms with Crippen molar-refractivity contribution < 1.29 is 4.79 Å². The molecule has 0 radical (unpaired) electrons. The van der Waals surface area contributed by atoms with Gasteiger partial charge in [-0.25, -0.2) is 0 Å². The van der Waals surface area contributed by atoms with E-state index in [-0.39, 0.29) is 11.9 Å². The van der Waals surface area contributed by atoms with Gasteiger partial charge in [0.25, 0.3) is 0 Å². The fourth-order valence-corrected chi connectivity index (χ4v) is 1.46. The molecule has 0 saturated heterocycles. The summed E-state index contributed by atoms with van der Waals surface area (Å²) >= 11 is 0. The number of carbonyl (C=O) groups excluding carboxylic acids is 1. The highest BCUT2D eigenvalue weighted by Gasteiger charge is 2.08. The number of hydrogen-bond donors (Lipinski definition) is 2. The molecule has 3 heteroatoms. The Balaban J connectivity index is 2.69. The third-order valence-corrected chi connectivity index (χ3v) is 2.66. The van der Waals surface area contributed by atoms with Gasteiger partial charge in [-0.05, 0) is 37.0 Å². The van der Waals surface area contributed by atoms with Crippen LogP contribution in [0.1, 0.15) is 35.6 Å². The van der Waals surface area contributed by atoms with Crippen LogP contribution in [0.5, 0.6) is 0 Å². The summed E-state index contributed by atoms with van der Waals surface area (Å²) in [5.41, 5.74) is 14.6. The lowest BCUT2D eigenvalue weighted by Gasteiger charge is -2.12. The summed E-state index contributed by atoms with van der Waals surface area (Å²) in [7, 11) is 0. The fourth-order valence-electron chi connectivity index (χ4n) is 1.46. The van der Waals surface area contributed by atoms with Crippen molar-refractivity contribution in [1.82, 2.24) is 0 Å². The Morgan fingerprint density at radius 2 is 2.00 bits per heavy atom. The zero-order chi connectivity index (χ0) is 11.4. The van der Waals surface area contributed by atoms with Crippen molar-refractivity contribution in [3.63, 3.8) is 0 Å². The zero-order valence-corrected chi connectivity index (χ0v) is 9.29. The number of aryl methyl sites for hydroxylation is 2. The Kier molecular flexibility index (Phi) is 3.86. The van der Waals surface area contributed by atoms with E-state index in [0.717, 1.165) is 5.56 Å². The van der Waals surface area contributed by atoms with Gasteiger partial charge in [-0.1, -0.05) is 18.2 Å². The summed E-state index contributed by atoms with van der Waals surface area (Å²) in [6, 6.07) is 6.03. The molecular weight excluding hydrogens is 188 g/mol. The number of nitrogens with two attached hydrogens (primary N) is 2. The molecule has 0 aliphatic heterocycles. The molecule has 0 aliphatic rings. The van der Waals surface area contributed by atoms with Gasteiger partial charge < -0.3 is 11.5 Å². The summed E-state index contributed by atoms with van der Waals surface area (Å²) in [4.78, 5) is 10.6. The van der Waals surface area contributed by atoms with Gasteiger partial charge in [0.1, 0.15) is 0 Å². The highest BCUT2D eigenvalue weighted by atomic mass is 16.1. The Bertz CT molecular complexity index is 361. The molecule has 1 amide bonds. The van der Waals surface area contributed by atoms with Gasteiger partial charge in [0.05, 0.1) is 0 Å². The van der Waals surface area contributed by atoms with E-state index in [4.69, 9.17) is 11.5 Å². The van der Waals surface area contributed by atoms with E-state index in [1.54, 1.807) is 0 Å². The molecular formula is C12H18N2O. The van der Waals surface area contributed by atoms with Gasteiger partial charge in [-0.15, -0.1) is 0 Å². The number of primary amides is 1. The smallest absolute Gasteiger partial charge is 0.217 e. The first-order valence-electron chi connectivity index (χ1n) is 5.11. The first-order valence-corrected chi connectivity index (χ1v) is 5.11. The normalized spacial score (nSPS) is 12.5. The van der Waals surface area contributed by atoms with E-state index < -0.39 is 0 Å². The van der Waals surface area contributed by atoms with Gasteiger partial charge in [-0.3, -0.25) is 4.79 Å². The number of amides is 1. The lowest BCUT2D eigenvalue weighted by molar-refractivity contribution is -0.118. The first-order chi connectivity index (χ1) is 7.00. The molecule has 1 aromatic rings. The lowest BCUT2D eigenvalue weighted by Crippen LogP contribution is -2.16. The van der Waals surface area contributed by atoms with Gasteiger partial charge >= 0.3 is 0 Å². The van der Waals surface area contributed by atoms with Crippen LogP contribution in [-0.2, 0) is 4.79 Å². The van der Waals surface area contributed by atoms with Crippen LogP contribution in [0, 0.1) is 13.8 Å². The predicted octanol–water partition coefficient (Wildman–Crippen LogP) is 1.57. The zero-order valence-electron chi connectivity index (χ0n) is 9.29. The predicted molar refractivity (Wildman–Crippen MR) is 61.3 cm³/mol. The van der Waals surface area contributed by atoms with E-state index in [2.05, 4.69) is 26.0 Å². The molecule has 0 bridgehead atoms. The Morgan fingerprint density at radius 1 is 1.33 bits per heavy atom. The first kappa shape index (κ1) is 11.7. The van der Waals surface area contributed by atoms with E-state index >= 15 is 0 Å². The molecule has 0 aromatic heterocycles. The van der Waals surface area contributed by atoms with Crippen LogP contribution in [0.4, 0.5) is 0 Å². The van der Waals surface area contributed by atoms with Gasteiger partial charge in [-0.2, -0.15) is 0 Å². The molecule has 0 heterocycles. The minimum absolute atomic E-state index is 0.100. The average molecular weight is 206 g/mol. The van der Waals surface area contributed by atoms with E-state index in [9.17, 15) is 4.79 Å². The van der Waals surface area contributed by atoms with Crippen molar-refractivity contribution in [3.05, 3.63) is 34.9 Å². The van der Waals surface area contributed by atoms with Crippen molar-refractivity contribution in [2.75, 3.05) is 0 Å². The number of benzene rings is 1. The molecule has 1 aromatic carbocycles. The second-order valence-corrected chi connectivity index (χ2v) is 3.96. The van der Waals surface area contributed by atoms with Crippen LogP contribution in [0.3, 0.4) is 0 Å². The van der Waals surface area contributed by atoms with Crippen LogP contribution in [0.2, 0.25) is 0 Å². The Labute approximate surface area is 90.5 Å². The van der Waals surface area contributed by atoms with Crippen LogP contribution >= 0.6 is 0 Å². The maximum absolute atomic E-state index is 10.6. The topological polar surface area (TPSA) is 69.1 Å². The monoisotopic (exact) mass is 206 g/mol. The molecule has 1 unspecified atom stereocenters. The highest BCUT2D eigenvalue weighted by molar-refractivity contribution is 5.73. The standard InChI is InChI=1S/C12H18N2O/c1-8-3-4-10(7-9(8)2)11(13)5-6-12(14)15/h3-4,7,11H,5-6,13H2,1-2H3,(H2,14,15). The van der Waals surface area contributed by atoms with Gasteiger partial charge in [0.2, 0.25) is 5.91 Å². The van der Waals surface area contributed by atoms with Crippen LogP contribution in [0.25, 0.3) is 0 Å². The van der Waals surface area contributed by atoms with Crippen molar-refractivity contribution in [1.29, 1.82) is 0 Å². The molecule has 15 heavy (non-hydrogen) atoms. The summed E-state index contributed by atoms with van der Waals surface area (Å²) in [5, 5.41) is 0. The van der Waals surface area contributed by atoms with Crippen molar-refractivity contribution >= 4 is 5.91 Å². The highest BCUT2D eigenvalue weighted by Crippen LogP contribution is 2.18. The second-order valence-electron chi connectivity index (χ2n) is 3.96. The van der Waals surface area contributed by atoms with E-state index in [1.165, 1.54) is 11.1 Å². The molecule has 3 nitrogen and oxygen atoms in total. The fraction of sp³-hybridized carbons (Fsp3) is 0.417. The summed E-state index contributed by atoms with van der Waals surface area (Å²) in [6.07, 6.45) is 0.950. The molecule has 0 spiro atoms. The maximum Gasteiger partial charge on any atom is 0.217 e. The minimum atomic E-state index is -0.297. The Morgan fingerprint density at radius 3 is 2.53 bits per heavy atom. The van der Waals surface area contributed by atoms with Gasteiger partial charge in [0, 0.05) is 12.5 Å². The number of carbonyl (C=O) groups is 1. The van der Waals surface area contributed by atoms with Crippen molar-refractivity contribution in [2.45, 2.75) is 32.7 Å². The molecule has 4 N–H and O–H groups in total. The Hall–Kier alpha value is -1.35. The molecule has 0 aliphatic carbocycles. The summed E-state index contributed by atoms with van der Waals surface area (Å²) in [5.74, 6) is -0.297.